The van der Waals surface area contributed by atoms with E-state index in [4.69, 9.17) is 21.1 Å². The molecule has 1 unspecified atom stereocenters. The van der Waals surface area contributed by atoms with Gasteiger partial charge in [0.15, 0.2) is 0 Å². The minimum atomic E-state index is -0.0675. The Hall–Kier alpha value is -0.710. The molecular weight excluding hydrogens is 419 g/mol. The van der Waals surface area contributed by atoms with Crippen molar-refractivity contribution < 1.29 is 9.47 Å². The molecule has 0 saturated carbocycles. The van der Waals surface area contributed by atoms with Crippen LogP contribution in [0, 0.1) is 6.92 Å². The first kappa shape index (κ1) is 16.7. The largest absolute Gasteiger partial charge is 0.495 e. The Morgan fingerprint density at radius 2 is 1.76 bits per heavy atom. The van der Waals surface area contributed by atoms with Gasteiger partial charge in [-0.25, -0.2) is 0 Å². The van der Waals surface area contributed by atoms with Crippen LogP contribution in [-0.2, 0) is 0 Å². The van der Waals surface area contributed by atoms with Crippen molar-refractivity contribution in [3.8, 4) is 11.5 Å². The van der Waals surface area contributed by atoms with Crippen molar-refractivity contribution in [2.75, 3.05) is 14.2 Å². The fourth-order valence-electron chi connectivity index (χ4n) is 2.15. The number of halogens is 3. The number of hydrogen-bond acceptors (Lipinski definition) is 2. The van der Waals surface area contributed by atoms with Crippen LogP contribution in [0.5, 0.6) is 11.5 Å². The molecule has 0 aliphatic rings. The molecule has 0 heterocycles. The number of alkyl halides is 1. The van der Waals surface area contributed by atoms with Gasteiger partial charge in [0.1, 0.15) is 16.0 Å². The van der Waals surface area contributed by atoms with E-state index in [1.54, 1.807) is 14.2 Å². The summed E-state index contributed by atoms with van der Waals surface area (Å²) in [7, 11) is 3.27. The van der Waals surface area contributed by atoms with Gasteiger partial charge in [0.2, 0.25) is 0 Å². The van der Waals surface area contributed by atoms with Crippen molar-refractivity contribution in [3.63, 3.8) is 0 Å². The molecule has 0 spiro atoms. The second-order valence-corrected chi connectivity index (χ2v) is 6.63. The second-order valence-electron chi connectivity index (χ2n) is 4.54. The first-order valence-electron chi connectivity index (χ1n) is 6.30. The summed E-state index contributed by atoms with van der Waals surface area (Å²) < 4.78 is 11.6. The molecule has 2 aromatic rings. The number of aryl methyl sites for hydroxylation is 1. The molecule has 2 nitrogen and oxygen atoms in total. The summed E-state index contributed by atoms with van der Waals surface area (Å²) in [6, 6.07) is 9.87. The Labute approximate surface area is 146 Å². The van der Waals surface area contributed by atoms with Gasteiger partial charge in [-0.3, -0.25) is 0 Å². The van der Waals surface area contributed by atoms with E-state index in [1.807, 2.05) is 37.3 Å². The van der Waals surface area contributed by atoms with Crippen LogP contribution >= 0.6 is 43.5 Å². The highest BCUT2D eigenvalue weighted by molar-refractivity contribution is 9.10. The lowest BCUT2D eigenvalue weighted by molar-refractivity contribution is 0.386. The third-order valence-corrected chi connectivity index (χ3v) is 5.54. The van der Waals surface area contributed by atoms with Gasteiger partial charge in [-0.1, -0.05) is 51.8 Å². The average Bonchev–Trinajstić information content (AvgIpc) is 2.49. The predicted molar refractivity (Wildman–Crippen MR) is 94.2 cm³/mol. The minimum Gasteiger partial charge on any atom is -0.495 e. The lowest BCUT2D eigenvalue weighted by Gasteiger charge is -2.19. The summed E-state index contributed by atoms with van der Waals surface area (Å²) >= 11 is 13.7. The molecule has 112 valence electrons. The maximum absolute atomic E-state index is 6.42. The van der Waals surface area contributed by atoms with E-state index < -0.39 is 0 Å². The van der Waals surface area contributed by atoms with Crippen LogP contribution in [0.15, 0.2) is 34.8 Å². The van der Waals surface area contributed by atoms with Gasteiger partial charge in [-0.05, 0) is 40.0 Å². The Morgan fingerprint density at radius 1 is 1.05 bits per heavy atom. The molecule has 0 saturated heterocycles. The van der Waals surface area contributed by atoms with Crippen LogP contribution in [0.4, 0.5) is 0 Å². The third-order valence-electron chi connectivity index (χ3n) is 3.28. The van der Waals surface area contributed by atoms with Crippen LogP contribution in [0.3, 0.4) is 0 Å². The van der Waals surface area contributed by atoms with Crippen LogP contribution in [-0.4, -0.2) is 14.2 Å². The average molecular weight is 435 g/mol. The van der Waals surface area contributed by atoms with Crippen LogP contribution in [0.2, 0.25) is 5.02 Å². The van der Waals surface area contributed by atoms with Gasteiger partial charge in [-0.15, -0.1) is 0 Å². The molecular formula is C16H15Br2ClO2. The highest BCUT2D eigenvalue weighted by Gasteiger charge is 2.22. The number of hydrogen-bond donors (Lipinski definition) is 0. The Bertz CT molecular complexity index is 659. The van der Waals surface area contributed by atoms with Gasteiger partial charge in [0.25, 0.3) is 0 Å². The molecule has 0 aromatic heterocycles. The van der Waals surface area contributed by atoms with Crippen LogP contribution in [0.25, 0.3) is 0 Å². The fourth-order valence-corrected chi connectivity index (χ4v) is 3.94. The predicted octanol–water partition coefficient (Wildman–Crippen LogP) is 5.91. The number of benzene rings is 2. The molecule has 2 aromatic carbocycles. The van der Waals surface area contributed by atoms with Crippen LogP contribution in [0.1, 0.15) is 21.5 Å². The lowest BCUT2D eigenvalue weighted by Crippen LogP contribution is -2.00. The van der Waals surface area contributed by atoms with Crippen molar-refractivity contribution in [3.05, 3.63) is 56.5 Å². The SMILES string of the molecule is COc1ccc(C(Br)c2cccc(C)c2Cl)c(OC)c1Br. The number of ether oxygens (including phenoxy) is 2. The van der Waals surface area contributed by atoms with E-state index in [-0.39, 0.29) is 4.83 Å². The van der Waals surface area contributed by atoms with Gasteiger partial charge < -0.3 is 9.47 Å². The summed E-state index contributed by atoms with van der Waals surface area (Å²) in [4.78, 5) is -0.0675. The smallest absolute Gasteiger partial charge is 0.141 e. The zero-order chi connectivity index (χ0) is 15.6. The topological polar surface area (TPSA) is 18.5 Å². The quantitative estimate of drug-likeness (QED) is 0.557. The third kappa shape index (κ3) is 3.22. The van der Waals surface area contributed by atoms with Crippen LogP contribution < -0.4 is 9.47 Å². The van der Waals surface area contributed by atoms with Gasteiger partial charge in [-0.2, -0.15) is 0 Å². The normalized spacial score (nSPS) is 12.1. The Balaban J connectivity index is 2.56. The van der Waals surface area contributed by atoms with E-state index >= 15 is 0 Å². The molecule has 0 amide bonds. The maximum atomic E-state index is 6.42. The molecule has 0 bridgehead atoms. The molecule has 0 N–H and O–H groups in total. The molecule has 21 heavy (non-hydrogen) atoms. The van der Waals surface area contributed by atoms with Crippen molar-refractivity contribution in [2.24, 2.45) is 0 Å². The summed E-state index contributed by atoms with van der Waals surface area (Å²) in [5, 5.41) is 0.758. The molecule has 0 aliphatic carbocycles. The Kier molecular flexibility index (Phi) is 5.58. The second kappa shape index (κ2) is 7.03. The molecule has 0 aliphatic heterocycles. The highest BCUT2D eigenvalue weighted by atomic mass is 79.9. The lowest BCUT2D eigenvalue weighted by atomic mass is 10.0. The zero-order valence-corrected chi connectivity index (χ0v) is 15.8. The molecule has 0 fully saturated rings. The van der Waals surface area contributed by atoms with E-state index in [1.165, 1.54) is 0 Å². The fraction of sp³-hybridized carbons (Fsp3) is 0.250. The van der Waals surface area contributed by atoms with Crippen molar-refractivity contribution in [1.29, 1.82) is 0 Å². The molecule has 1 atom stereocenters. The van der Waals surface area contributed by atoms with E-state index in [2.05, 4.69) is 31.9 Å². The molecule has 0 radical (unpaired) electrons. The molecule has 5 heteroatoms. The first-order valence-corrected chi connectivity index (χ1v) is 8.39. The van der Waals surface area contributed by atoms with E-state index in [0.29, 0.717) is 0 Å². The monoisotopic (exact) mass is 432 g/mol. The van der Waals surface area contributed by atoms with Gasteiger partial charge >= 0.3 is 0 Å². The maximum Gasteiger partial charge on any atom is 0.141 e. The van der Waals surface area contributed by atoms with Crippen molar-refractivity contribution in [1.82, 2.24) is 0 Å². The summed E-state index contributed by atoms with van der Waals surface area (Å²) in [5.41, 5.74) is 3.04. The minimum absolute atomic E-state index is 0.0675. The number of methoxy groups -OCH3 is 2. The van der Waals surface area contributed by atoms with E-state index in [0.717, 1.165) is 37.7 Å². The standard InChI is InChI=1S/C16H15Br2ClO2/c1-9-5-4-6-10(15(9)19)13(17)11-7-8-12(20-2)14(18)16(11)21-3/h4-8,13H,1-3H3. The molecule has 2 rings (SSSR count). The summed E-state index contributed by atoms with van der Waals surface area (Å²) in [6.45, 7) is 1.99. The van der Waals surface area contributed by atoms with Gasteiger partial charge in [0, 0.05) is 10.6 Å². The number of rotatable bonds is 4. The van der Waals surface area contributed by atoms with E-state index in [9.17, 15) is 0 Å². The summed E-state index contributed by atoms with van der Waals surface area (Å²) in [6.07, 6.45) is 0. The van der Waals surface area contributed by atoms with Gasteiger partial charge in [0.05, 0.1) is 19.0 Å². The Morgan fingerprint density at radius 3 is 2.38 bits per heavy atom. The first-order chi connectivity index (χ1) is 10.0. The highest BCUT2D eigenvalue weighted by Crippen LogP contribution is 2.45. The van der Waals surface area contributed by atoms with Crippen molar-refractivity contribution in [2.45, 2.75) is 11.8 Å². The summed E-state index contributed by atoms with van der Waals surface area (Å²) in [5.74, 6) is 1.46. The zero-order valence-electron chi connectivity index (χ0n) is 11.9. The van der Waals surface area contributed by atoms with Crippen molar-refractivity contribution >= 4 is 43.5 Å².